The Morgan fingerprint density at radius 1 is 0.688 bits per heavy atom. The largest absolute Gasteiger partial charge is 0.748 e. The maximum Gasteiger partial charge on any atom is 0.166 e. The molecule has 0 radical (unpaired) electrons. The molecule has 0 heterocycles. The average molecular weight is 473 g/mol. The van der Waals surface area contributed by atoms with Gasteiger partial charge in [-0.15, -0.1) is 0 Å². The molecule has 0 spiro atoms. The standard InChI is InChI=1S/C18H14OS.C8H18O3S/c19-15-11-13-18(14-12-15)20(16-7-3-1-4-8-16)17-9-5-2-6-10-17;1-2-3-4-5-6-7-8-12(9,10)11/h1-14H;2-8H2,1H3,(H,9,10,11). The van der Waals surface area contributed by atoms with Gasteiger partial charge in [0, 0.05) is 5.75 Å². The van der Waals surface area contributed by atoms with Crippen LogP contribution in [-0.2, 0) is 21.0 Å². The van der Waals surface area contributed by atoms with E-state index in [4.69, 9.17) is 0 Å². The summed E-state index contributed by atoms with van der Waals surface area (Å²) in [6.45, 7) is 2.13. The number of benzene rings is 3. The van der Waals surface area contributed by atoms with Crippen LogP contribution in [0, 0.1) is 0 Å². The quantitative estimate of drug-likeness (QED) is 0.211. The molecule has 0 bridgehead atoms. The van der Waals surface area contributed by atoms with Gasteiger partial charge >= 0.3 is 0 Å². The number of phenolic OH excluding ortho intramolecular Hbond substituents is 1. The summed E-state index contributed by atoms with van der Waals surface area (Å²) < 4.78 is 30.5. The molecule has 32 heavy (non-hydrogen) atoms. The van der Waals surface area contributed by atoms with E-state index in [2.05, 4.69) is 55.5 Å². The predicted molar refractivity (Wildman–Crippen MR) is 131 cm³/mol. The van der Waals surface area contributed by atoms with E-state index >= 15 is 0 Å². The van der Waals surface area contributed by atoms with Gasteiger partial charge in [-0.2, -0.15) is 0 Å². The third-order valence-corrected chi connectivity index (χ3v) is 7.80. The lowest BCUT2D eigenvalue weighted by Crippen LogP contribution is -2.04. The summed E-state index contributed by atoms with van der Waals surface area (Å²) in [7, 11) is -4.10. The first-order valence-electron chi connectivity index (χ1n) is 11.0. The third-order valence-electron chi connectivity index (χ3n) is 4.78. The fourth-order valence-electron chi connectivity index (χ4n) is 3.16. The zero-order chi connectivity index (χ0) is 23.2. The molecule has 172 valence electrons. The Morgan fingerprint density at radius 3 is 1.59 bits per heavy atom. The molecule has 0 aliphatic rings. The van der Waals surface area contributed by atoms with Gasteiger partial charge < -0.3 is 9.66 Å². The Hall–Kier alpha value is -2.28. The highest BCUT2D eigenvalue weighted by molar-refractivity contribution is 7.97. The Labute approximate surface area is 195 Å². The zero-order valence-corrected chi connectivity index (χ0v) is 20.2. The van der Waals surface area contributed by atoms with E-state index in [-0.39, 0.29) is 16.6 Å². The first-order valence-corrected chi connectivity index (χ1v) is 13.8. The second-order valence-electron chi connectivity index (χ2n) is 7.46. The third kappa shape index (κ3) is 9.90. The summed E-state index contributed by atoms with van der Waals surface area (Å²) in [6.07, 6.45) is 5.96. The zero-order valence-electron chi connectivity index (χ0n) is 18.5. The molecular weight excluding hydrogens is 440 g/mol. The van der Waals surface area contributed by atoms with Crippen molar-refractivity contribution in [1.29, 1.82) is 0 Å². The van der Waals surface area contributed by atoms with Crippen molar-refractivity contribution < 1.29 is 18.1 Å². The minimum absolute atomic E-state index is 0.134. The number of phenols is 1. The van der Waals surface area contributed by atoms with Crippen LogP contribution in [0.3, 0.4) is 0 Å². The summed E-state index contributed by atoms with van der Waals surface area (Å²) in [5, 5.41) is 9.48. The molecule has 6 heteroatoms. The number of aromatic hydroxyl groups is 1. The van der Waals surface area contributed by atoms with E-state index in [1.165, 1.54) is 27.5 Å². The van der Waals surface area contributed by atoms with E-state index in [0.29, 0.717) is 12.2 Å². The predicted octanol–water partition coefficient (Wildman–Crippen LogP) is 6.38. The van der Waals surface area contributed by atoms with Gasteiger partial charge in [-0.1, -0.05) is 75.4 Å². The first-order chi connectivity index (χ1) is 15.4. The topological polar surface area (TPSA) is 77.4 Å². The summed E-state index contributed by atoms with van der Waals surface area (Å²) in [5.41, 5.74) is 0. The number of unbranched alkanes of at least 4 members (excludes halogenated alkanes) is 5. The number of rotatable bonds is 10. The van der Waals surface area contributed by atoms with Crippen LogP contribution in [0.25, 0.3) is 0 Å². The van der Waals surface area contributed by atoms with Gasteiger partial charge in [0.1, 0.15) is 5.75 Å². The van der Waals surface area contributed by atoms with Crippen molar-refractivity contribution in [3.05, 3.63) is 84.9 Å². The van der Waals surface area contributed by atoms with Gasteiger partial charge in [0.25, 0.3) is 0 Å². The van der Waals surface area contributed by atoms with Gasteiger partial charge in [-0.3, -0.25) is 0 Å². The molecule has 0 fully saturated rings. The molecule has 1 N–H and O–H groups in total. The molecule has 0 saturated carbocycles. The average Bonchev–Trinajstić information content (AvgIpc) is 2.79. The van der Waals surface area contributed by atoms with Crippen molar-refractivity contribution >= 4 is 21.0 Å². The van der Waals surface area contributed by atoms with Crippen LogP contribution < -0.4 is 0 Å². The SMILES string of the molecule is CCCCCCCCS(=O)(=O)[O-].Oc1ccc([S+](c2ccccc2)c2ccccc2)cc1. The number of hydrogen-bond donors (Lipinski definition) is 1. The Balaban J connectivity index is 0.000000262. The molecule has 3 rings (SSSR count). The molecule has 0 amide bonds. The van der Waals surface area contributed by atoms with Crippen molar-refractivity contribution in [3.63, 3.8) is 0 Å². The van der Waals surface area contributed by atoms with Crippen LogP contribution in [0.5, 0.6) is 5.75 Å². The van der Waals surface area contributed by atoms with E-state index in [1.54, 1.807) is 12.1 Å². The fourth-order valence-corrected chi connectivity index (χ4v) is 5.80. The van der Waals surface area contributed by atoms with Crippen molar-refractivity contribution in [3.8, 4) is 5.75 Å². The van der Waals surface area contributed by atoms with Crippen molar-refractivity contribution in [2.45, 2.75) is 60.1 Å². The van der Waals surface area contributed by atoms with E-state index in [9.17, 15) is 18.1 Å². The van der Waals surface area contributed by atoms with Gasteiger partial charge in [-0.25, -0.2) is 8.42 Å². The Bertz CT molecular complexity index is 950. The molecule has 0 aromatic heterocycles. The molecule has 0 aliphatic carbocycles. The molecule has 3 aromatic carbocycles. The van der Waals surface area contributed by atoms with E-state index in [1.807, 2.05) is 24.3 Å². The normalized spacial score (nSPS) is 11.1. The van der Waals surface area contributed by atoms with Gasteiger partial charge in [0.2, 0.25) is 0 Å². The lowest BCUT2D eigenvalue weighted by atomic mass is 10.1. The fraction of sp³-hybridized carbons (Fsp3) is 0.308. The minimum atomic E-state index is -3.97. The van der Waals surface area contributed by atoms with Crippen LogP contribution in [0.2, 0.25) is 0 Å². The second-order valence-corrected chi connectivity index (χ2v) is 11.0. The second kappa shape index (κ2) is 14.0. The van der Waals surface area contributed by atoms with Gasteiger partial charge in [0.05, 0.1) is 21.0 Å². The first kappa shape index (κ1) is 26.0. The summed E-state index contributed by atoms with van der Waals surface area (Å²) in [4.78, 5) is 3.77. The molecular formula is C26H32O4S2. The van der Waals surface area contributed by atoms with E-state index < -0.39 is 10.1 Å². The highest BCUT2D eigenvalue weighted by Gasteiger charge is 2.27. The lowest BCUT2D eigenvalue weighted by molar-refractivity contribution is 0.459. The monoisotopic (exact) mass is 472 g/mol. The summed E-state index contributed by atoms with van der Waals surface area (Å²) in [6, 6.07) is 28.5. The van der Waals surface area contributed by atoms with Gasteiger partial charge in [-0.05, 0) is 55.0 Å². The van der Waals surface area contributed by atoms with Crippen LogP contribution in [0.4, 0.5) is 0 Å². The molecule has 0 unspecified atom stereocenters. The van der Waals surface area contributed by atoms with Crippen LogP contribution in [0.1, 0.15) is 45.4 Å². The lowest BCUT2D eigenvalue weighted by Gasteiger charge is -2.07. The van der Waals surface area contributed by atoms with Crippen molar-refractivity contribution in [1.82, 2.24) is 0 Å². The maximum atomic E-state index is 10.2. The van der Waals surface area contributed by atoms with Crippen LogP contribution in [-0.4, -0.2) is 23.8 Å². The number of hydrogen-bond acceptors (Lipinski definition) is 4. The van der Waals surface area contributed by atoms with Crippen molar-refractivity contribution in [2.24, 2.45) is 0 Å². The molecule has 0 saturated heterocycles. The Kier molecular flexibility index (Phi) is 11.4. The highest BCUT2D eigenvalue weighted by Crippen LogP contribution is 2.31. The Morgan fingerprint density at radius 2 is 1.12 bits per heavy atom. The summed E-state index contributed by atoms with van der Waals surface area (Å²) in [5.74, 6) is 0.109. The molecule has 0 atom stereocenters. The molecule has 3 aromatic rings. The molecule has 4 nitrogen and oxygen atoms in total. The minimum Gasteiger partial charge on any atom is -0.748 e. The van der Waals surface area contributed by atoms with Crippen LogP contribution >= 0.6 is 0 Å². The van der Waals surface area contributed by atoms with Crippen molar-refractivity contribution in [2.75, 3.05) is 5.75 Å². The van der Waals surface area contributed by atoms with Crippen LogP contribution in [0.15, 0.2) is 99.6 Å². The maximum absolute atomic E-state index is 10.2. The smallest absolute Gasteiger partial charge is 0.166 e. The van der Waals surface area contributed by atoms with Gasteiger partial charge in [0.15, 0.2) is 14.7 Å². The molecule has 0 aliphatic heterocycles. The van der Waals surface area contributed by atoms with E-state index in [0.717, 1.165) is 19.3 Å². The summed E-state index contributed by atoms with van der Waals surface area (Å²) >= 11 is 0. The highest BCUT2D eigenvalue weighted by atomic mass is 32.2.